The first-order chi connectivity index (χ1) is 8.65. The zero-order valence-electron chi connectivity index (χ0n) is 10.4. The fourth-order valence-electron chi connectivity index (χ4n) is 2.47. The van der Waals surface area contributed by atoms with E-state index < -0.39 is 0 Å². The number of halogens is 1. The maximum Gasteiger partial charge on any atom is 0.241 e. The minimum Gasteiger partial charge on any atom is -0.321 e. The molecule has 4 heteroatoms. The monoisotopic (exact) mass is 248 g/mol. The molecule has 0 bridgehead atoms. The molecule has 1 saturated carbocycles. The van der Waals surface area contributed by atoms with Crippen LogP contribution in [0.25, 0.3) is 0 Å². The van der Waals surface area contributed by atoms with Crippen LogP contribution in [-0.4, -0.2) is 23.4 Å². The summed E-state index contributed by atoms with van der Waals surface area (Å²) in [5.41, 5.74) is 0.953. The van der Waals surface area contributed by atoms with Crippen molar-refractivity contribution in [3.8, 4) is 0 Å². The van der Waals surface area contributed by atoms with E-state index in [1.165, 1.54) is 25.0 Å². The van der Waals surface area contributed by atoms with Gasteiger partial charge in [-0.1, -0.05) is 12.1 Å². The molecule has 1 N–H and O–H groups in total. The van der Waals surface area contributed by atoms with Crippen molar-refractivity contribution in [3.63, 3.8) is 0 Å². The summed E-state index contributed by atoms with van der Waals surface area (Å²) in [6, 6.07) is 6.23. The van der Waals surface area contributed by atoms with Crippen LogP contribution in [0.15, 0.2) is 24.3 Å². The van der Waals surface area contributed by atoms with E-state index in [9.17, 15) is 9.18 Å². The van der Waals surface area contributed by atoms with E-state index in [2.05, 4.69) is 5.32 Å². The molecular formula is C14H17FN2O. The molecule has 18 heavy (non-hydrogen) atoms. The number of carbonyl (C=O) groups excluding carboxylic acids is 1. The summed E-state index contributed by atoms with van der Waals surface area (Å²) in [4.78, 5) is 14.0. The summed E-state index contributed by atoms with van der Waals surface area (Å²) >= 11 is 0. The average Bonchev–Trinajstić information content (AvgIpc) is 3.13. The molecule has 3 nitrogen and oxygen atoms in total. The predicted octanol–water partition coefficient (Wildman–Crippen LogP) is 2.05. The van der Waals surface area contributed by atoms with Gasteiger partial charge in [0.2, 0.25) is 5.91 Å². The van der Waals surface area contributed by atoms with Crippen LogP contribution < -0.4 is 5.32 Å². The maximum absolute atomic E-state index is 12.9. The molecular weight excluding hydrogens is 231 g/mol. The molecule has 2 unspecified atom stereocenters. The molecule has 1 heterocycles. The first-order valence-electron chi connectivity index (χ1n) is 6.47. The number of nitrogens with zero attached hydrogens (tertiary/aromatic N) is 1. The molecule has 1 amide bonds. The number of carbonyl (C=O) groups is 1. The molecule has 2 fully saturated rings. The number of hydrogen-bond acceptors (Lipinski definition) is 2. The van der Waals surface area contributed by atoms with E-state index in [1.807, 2.05) is 11.8 Å². The van der Waals surface area contributed by atoms with E-state index in [0.717, 1.165) is 12.1 Å². The van der Waals surface area contributed by atoms with Gasteiger partial charge in [0.15, 0.2) is 0 Å². The molecule has 96 valence electrons. The fraction of sp³-hybridized carbons (Fsp3) is 0.500. The number of amides is 1. The van der Waals surface area contributed by atoms with Gasteiger partial charge in [-0.05, 0) is 43.4 Å². The van der Waals surface area contributed by atoms with Gasteiger partial charge >= 0.3 is 0 Å². The lowest BCUT2D eigenvalue weighted by atomic mass is 10.1. The SMILES string of the molecule is CC1NC(c2ccc(F)cc2)N(CC2CC2)C1=O. The summed E-state index contributed by atoms with van der Waals surface area (Å²) in [7, 11) is 0. The molecule has 1 aliphatic heterocycles. The number of hydrogen-bond donors (Lipinski definition) is 1. The van der Waals surface area contributed by atoms with Crippen molar-refractivity contribution in [2.24, 2.45) is 5.92 Å². The molecule has 3 rings (SSSR count). The predicted molar refractivity (Wildman–Crippen MR) is 66.2 cm³/mol. The Morgan fingerprint density at radius 1 is 1.33 bits per heavy atom. The second kappa shape index (κ2) is 4.35. The van der Waals surface area contributed by atoms with Crippen LogP contribution in [0, 0.1) is 11.7 Å². The number of rotatable bonds is 3. The third kappa shape index (κ3) is 2.12. The molecule has 0 spiro atoms. The Hall–Kier alpha value is -1.42. The van der Waals surface area contributed by atoms with Crippen LogP contribution in [0.3, 0.4) is 0 Å². The molecule has 1 aromatic carbocycles. The number of benzene rings is 1. The Morgan fingerprint density at radius 2 is 2.00 bits per heavy atom. The Labute approximate surface area is 106 Å². The van der Waals surface area contributed by atoms with Gasteiger partial charge in [0.05, 0.1) is 6.04 Å². The minimum absolute atomic E-state index is 0.103. The third-order valence-corrected chi connectivity index (χ3v) is 3.71. The van der Waals surface area contributed by atoms with Crippen molar-refractivity contribution in [1.29, 1.82) is 0 Å². The second-order valence-corrected chi connectivity index (χ2v) is 5.28. The average molecular weight is 248 g/mol. The Bertz CT molecular complexity index is 455. The second-order valence-electron chi connectivity index (χ2n) is 5.28. The first kappa shape index (κ1) is 11.7. The minimum atomic E-state index is -0.245. The summed E-state index contributed by atoms with van der Waals surface area (Å²) in [5.74, 6) is 0.560. The highest BCUT2D eigenvalue weighted by atomic mass is 19.1. The van der Waals surface area contributed by atoms with Crippen LogP contribution in [0.1, 0.15) is 31.5 Å². The van der Waals surface area contributed by atoms with E-state index in [1.54, 1.807) is 12.1 Å². The first-order valence-corrected chi connectivity index (χ1v) is 6.47. The van der Waals surface area contributed by atoms with Gasteiger partial charge < -0.3 is 4.90 Å². The molecule has 2 atom stereocenters. The van der Waals surface area contributed by atoms with Crippen molar-refractivity contribution in [2.45, 2.75) is 32.0 Å². The summed E-state index contributed by atoms with van der Waals surface area (Å²) < 4.78 is 12.9. The van der Waals surface area contributed by atoms with E-state index in [-0.39, 0.29) is 23.9 Å². The lowest BCUT2D eigenvalue weighted by Gasteiger charge is -2.24. The fourth-order valence-corrected chi connectivity index (χ4v) is 2.47. The molecule has 2 aliphatic rings. The summed E-state index contributed by atoms with van der Waals surface area (Å²) in [6.45, 7) is 2.70. The van der Waals surface area contributed by atoms with Gasteiger partial charge in [0.1, 0.15) is 12.0 Å². The Kier molecular flexibility index (Phi) is 2.82. The van der Waals surface area contributed by atoms with Crippen molar-refractivity contribution in [1.82, 2.24) is 10.2 Å². The highest BCUT2D eigenvalue weighted by Gasteiger charge is 2.39. The van der Waals surface area contributed by atoms with Crippen molar-refractivity contribution >= 4 is 5.91 Å². The Morgan fingerprint density at radius 3 is 2.61 bits per heavy atom. The van der Waals surface area contributed by atoms with E-state index >= 15 is 0 Å². The standard InChI is InChI=1S/C14H17FN2O/c1-9-14(18)17(8-10-2-3-10)13(16-9)11-4-6-12(15)7-5-11/h4-7,9-10,13,16H,2-3,8H2,1H3. The zero-order valence-corrected chi connectivity index (χ0v) is 10.4. The number of nitrogens with one attached hydrogen (secondary N) is 1. The normalized spacial score (nSPS) is 27.9. The van der Waals surface area contributed by atoms with Gasteiger partial charge in [-0.3, -0.25) is 10.1 Å². The lowest BCUT2D eigenvalue weighted by Crippen LogP contribution is -2.32. The smallest absolute Gasteiger partial charge is 0.241 e. The van der Waals surface area contributed by atoms with Gasteiger partial charge in [-0.25, -0.2) is 4.39 Å². The Balaban J connectivity index is 1.83. The molecule has 0 aromatic heterocycles. The lowest BCUT2D eigenvalue weighted by molar-refractivity contribution is -0.130. The molecule has 0 radical (unpaired) electrons. The van der Waals surface area contributed by atoms with Crippen LogP contribution in [0.5, 0.6) is 0 Å². The van der Waals surface area contributed by atoms with Gasteiger partial charge in [0.25, 0.3) is 0 Å². The zero-order chi connectivity index (χ0) is 12.7. The topological polar surface area (TPSA) is 32.3 Å². The highest BCUT2D eigenvalue weighted by molar-refractivity contribution is 5.84. The summed E-state index contributed by atoms with van der Waals surface area (Å²) in [5, 5.41) is 3.28. The summed E-state index contributed by atoms with van der Waals surface area (Å²) in [6.07, 6.45) is 2.33. The van der Waals surface area contributed by atoms with Crippen molar-refractivity contribution in [2.75, 3.05) is 6.54 Å². The van der Waals surface area contributed by atoms with E-state index in [4.69, 9.17) is 0 Å². The van der Waals surface area contributed by atoms with Crippen molar-refractivity contribution < 1.29 is 9.18 Å². The van der Waals surface area contributed by atoms with Gasteiger partial charge in [0, 0.05) is 6.54 Å². The highest BCUT2D eigenvalue weighted by Crippen LogP contribution is 2.34. The largest absolute Gasteiger partial charge is 0.321 e. The van der Waals surface area contributed by atoms with Crippen molar-refractivity contribution in [3.05, 3.63) is 35.6 Å². The van der Waals surface area contributed by atoms with Crippen LogP contribution in [-0.2, 0) is 4.79 Å². The van der Waals surface area contributed by atoms with Crippen LogP contribution in [0.4, 0.5) is 4.39 Å². The molecule has 1 saturated heterocycles. The third-order valence-electron chi connectivity index (χ3n) is 3.71. The quantitative estimate of drug-likeness (QED) is 0.888. The van der Waals surface area contributed by atoms with Gasteiger partial charge in [-0.15, -0.1) is 0 Å². The molecule has 1 aliphatic carbocycles. The van der Waals surface area contributed by atoms with Crippen LogP contribution >= 0.6 is 0 Å². The molecule has 1 aromatic rings. The van der Waals surface area contributed by atoms with E-state index in [0.29, 0.717) is 5.92 Å². The maximum atomic E-state index is 12.9. The van der Waals surface area contributed by atoms with Crippen LogP contribution in [0.2, 0.25) is 0 Å². The van der Waals surface area contributed by atoms with Gasteiger partial charge in [-0.2, -0.15) is 0 Å².